The minimum atomic E-state index is -0.768. The molecule has 164 valence electrons. The number of phenolic OH excluding ortho intramolecular Hbond substituents is 1. The summed E-state index contributed by atoms with van der Waals surface area (Å²) in [5.74, 6) is 1.50. The van der Waals surface area contributed by atoms with Gasteiger partial charge in [-0.3, -0.25) is 4.79 Å². The average Bonchev–Trinajstić information content (AvgIpc) is 2.71. The maximum atomic E-state index is 11.1. The van der Waals surface area contributed by atoms with Crippen LogP contribution >= 0.6 is 11.8 Å². The summed E-state index contributed by atoms with van der Waals surface area (Å²) in [6.07, 6.45) is 3.40. The van der Waals surface area contributed by atoms with Crippen LogP contribution in [0.25, 0.3) is 0 Å². The van der Waals surface area contributed by atoms with Crippen molar-refractivity contribution in [2.75, 3.05) is 12.4 Å². The van der Waals surface area contributed by atoms with Gasteiger partial charge in [0.2, 0.25) is 0 Å². The van der Waals surface area contributed by atoms with Crippen molar-refractivity contribution < 1.29 is 19.7 Å². The van der Waals surface area contributed by atoms with E-state index in [9.17, 15) is 9.90 Å². The SMILES string of the molecule is Cc1cc(SCCCc2ccc(OCCCC(C)(C)C(=O)O)cc2)c(C)c(C)c1O. The summed E-state index contributed by atoms with van der Waals surface area (Å²) in [6, 6.07) is 10.2. The number of carboxylic acids is 1. The van der Waals surface area contributed by atoms with E-state index in [0.717, 1.165) is 41.0 Å². The summed E-state index contributed by atoms with van der Waals surface area (Å²) in [7, 11) is 0. The van der Waals surface area contributed by atoms with Gasteiger partial charge >= 0.3 is 5.97 Å². The Labute approximate surface area is 184 Å². The molecule has 2 aromatic rings. The second-order valence-electron chi connectivity index (χ2n) is 8.53. The Kier molecular flexibility index (Phi) is 8.65. The number of ether oxygens (including phenoxy) is 1. The monoisotopic (exact) mass is 430 g/mol. The van der Waals surface area contributed by atoms with Gasteiger partial charge in [0.1, 0.15) is 11.5 Å². The molecule has 0 bridgehead atoms. The van der Waals surface area contributed by atoms with Crippen LogP contribution in [-0.2, 0) is 11.2 Å². The van der Waals surface area contributed by atoms with E-state index in [0.29, 0.717) is 25.2 Å². The highest BCUT2D eigenvalue weighted by Gasteiger charge is 2.26. The van der Waals surface area contributed by atoms with Crippen LogP contribution in [0.4, 0.5) is 0 Å². The first kappa shape index (κ1) is 24.1. The van der Waals surface area contributed by atoms with E-state index < -0.39 is 11.4 Å². The number of carboxylic acid groups (broad SMARTS) is 1. The van der Waals surface area contributed by atoms with Gasteiger partial charge < -0.3 is 14.9 Å². The van der Waals surface area contributed by atoms with Gasteiger partial charge in [-0.05, 0) is 107 Å². The zero-order valence-corrected chi connectivity index (χ0v) is 19.6. The molecule has 0 atom stereocenters. The van der Waals surface area contributed by atoms with E-state index in [-0.39, 0.29) is 0 Å². The fourth-order valence-corrected chi connectivity index (χ4v) is 4.34. The van der Waals surface area contributed by atoms with Crippen LogP contribution in [0.3, 0.4) is 0 Å². The predicted octanol–water partition coefficient (Wildman–Crippen LogP) is 6.31. The van der Waals surface area contributed by atoms with Crippen molar-refractivity contribution in [3.8, 4) is 11.5 Å². The molecule has 0 spiro atoms. The number of aryl methyl sites for hydroxylation is 2. The maximum absolute atomic E-state index is 11.1. The van der Waals surface area contributed by atoms with Crippen molar-refractivity contribution in [2.24, 2.45) is 5.41 Å². The molecule has 0 saturated carbocycles. The highest BCUT2D eigenvalue weighted by Crippen LogP contribution is 2.33. The molecule has 2 rings (SSSR count). The number of rotatable bonds is 11. The Hall–Kier alpha value is -2.14. The lowest BCUT2D eigenvalue weighted by molar-refractivity contribution is -0.147. The number of aliphatic carboxylic acids is 1. The first-order valence-electron chi connectivity index (χ1n) is 10.5. The minimum absolute atomic E-state index is 0.407. The molecule has 2 aromatic carbocycles. The van der Waals surface area contributed by atoms with Crippen molar-refractivity contribution in [1.82, 2.24) is 0 Å². The number of phenols is 1. The maximum Gasteiger partial charge on any atom is 0.309 e. The lowest BCUT2D eigenvalue weighted by atomic mass is 9.88. The lowest BCUT2D eigenvalue weighted by Crippen LogP contribution is -2.24. The smallest absolute Gasteiger partial charge is 0.309 e. The van der Waals surface area contributed by atoms with E-state index in [1.165, 1.54) is 10.5 Å². The molecule has 5 heteroatoms. The third-order valence-corrected chi connectivity index (χ3v) is 6.82. The Morgan fingerprint density at radius 1 is 1.07 bits per heavy atom. The molecule has 0 aromatic heterocycles. The zero-order chi connectivity index (χ0) is 22.3. The van der Waals surface area contributed by atoms with Crippen LogP contribution in [-0.4, -0.2) is 28.5 Å². The molecule has 2 N–H and O–H groups in total. The quantitative estimate of drug-likeness (QED) is 0.323. The Morgan fingerprint density at radius 3 is 2.37 bits per heavy atom. The normalized spacial score (nSPS) is 11.5. The molecule has 0 heterocycles. The number of hydrogen-bond acceptors (Lipinski definition) is 4. The number of aromatic hydroxyl groups is 1. The average molecular weight is 431 g/mol. The number of benzene rings is 2. The third kappa shape index (κ3) is 6.69. The highest BCUT2D eigenvalue weighted by atomic mass is 32.2. The van der Waals surface area contributed by atoms with Gasteiger partial charge in [-0.15, -0.1) is 11.8 Å². The highest BCUT2D eigenvalue weighted by molar-refractivity contribution is 7.99. The Bertz CT molecular complexity index is 856. The topological polar surface area (TPSA) is 66.8 Å². The molecule has 30 heavy (non-hydrogen) atoms. The van der Waals surface area contributed by atoms with E-state index in [1.54, 1.807) is 13.8 Å². The molecule has 0 aliphatic carbocycles. The summed E-state index contributed by atoms with van der Waals surface area (Å²) in [5.41, 5.74) is 3.64. The second-order valence-corrected chi connectivity index (χ2v) is 9.66. The molecule has 0 unspecified atom stereocenters. The Morgan fingerprint density at radius 2 is 1.73 bits per heavy atom. The van der Waals surface area contributed by atoms with Gasteiger partial charge in [-0.1, -0.05) is 12.1 Å². The lowest BCUT2D eigenvalue weighted by Gasteiger charge is -2.18. The van der Waals surface area contributed by atoms with E-state index in [2.05, 4.69) is 25.1 Å². The molecule has 0 aliphatic rings. The number of thioether (sulfide) groups is 1. The van der Waals surface area contributed by atoms with Gasteiger partial charge in [0.25, 0.3) is 0 Å². The van der Waals surface area contributed by atoms with Crippen LogP contribution < -0.4 is 4.74 Å². The molecular formula is C25H34O4S. The van der Waals surface area contributed by atoms with Crippen molar-refractivity contribution in [2.45, 2.75) is 65.2 Å². The zero-order valence-electron chi connectivity index (χ0n) is 18.7. The molecule has 0 amide bonds. The fraction of sp³-hybridized carbons (Fsp3) is 0.480. The van der Waals surface area contributed by atoms with E-state index >= 15 is 0 Å². The van der Waals surface area contributed by atoms with Crippen molar-refractivity contribution in [1.29, 1.82) is 0 Å². The standard InChI is InChI=1S/C25H34O4S/c1-17-16-22(18(2)19(3)23(17)26)30-15-6-8-20-9-11-21(12-10-20)29-14-7-13-25(4,5)24(27)28/h9-12,16,26H,6-8,13-15H2,1-5H3,(H,27,28). The van der Waals surface area contributed by atoms with Gasteiger partial charge in [0, 0.05) is 4.90 Å². The number of hydrogen-bond donors (Lipinski definition) is 2. The van der Waals surface area contributed by atoms with Crippen LogP contribution in [0.2, 0.25) is 0 Å². The largest absolute Gasteiger partial charge is 0.507 e. The molecule has 0 aliphatic heterocycles. The van der Waals surface area contributed by atoms with Gasteiger partial charge in [-0.2, -0.15) is 0 Å². The first-order chi connectivity index (χ1) is 14.1. The summed E-state index contributed by atoms with van der Waals surface area (Å²) >= 11 is 1.85. The fourth-order valence-electron chi connectivity index (χ4n) is 3.20. The van der Waals surface area contributed by atoms with Crippen LogP contribution in [0.5, 0.6) is 11.5 Å². The van der Waals surface area contributed by atoms with E-state index in [4.69, 9.17) is 9.84 Å². The van der Waals surface area contributed by atoms with Gasteiger partial charge in [0.15, 0.2) is 0 Å². The first-order valence-corrected chi connectivity index (χ1v) is 11.5. The van der Waals surface area contributed by atoms with E-state index in [1.807, 2.05) is 37.7 Å². The van der Waals surface area contributed by atoms with Crippen molar-refractivity contribution in [3.63, 3.8) is 0 Å². The molecular weight excluding hydrogens is 396 g/mol. The van der Waals surface area contributed by atoms with Crippen LogP contribution in [0, 0.1) is 26.2 Å². The predicted molar refractivity (Wildman–Crippen MR) is 124 cm³/mol. The summed E-state index contributed by atoms with van der Waals surface area (Å²) in [6.45, 7) is 10.00. The molecule has 4 nitrogen and oxygen atoms in total. The van der Waals surface area contributed by atoms with Crippen molar-refractivity contribution in [3.05, 3.63) is 52.6 Å². The second kappa shape index (κ2) is 10.8. The van der Waals surface area contributed by atoms with Crippen LogP contribution in [0.1, 0.15) is 55.4 Å². The summed E-state index contributed by atoms with van der Waals surface area (Å²) in [5, 5.41) is 19.2. The van der Waals surface area contributed by atoms with Gasteiger partial charge in [-0.25, -0.2) is 0 Å². The third-order valence-electron chi connectivity index (χ3n) is 5.59. The molecule has 0 saturated heterocycles. The Balaban J connectivity index is 1.73. The van der Waals surface area contributed by atoms with Crippen molar-refractivity contribution >= 4 is 17.7 Å². The summed E-state index contributed by atoms with van der Waals surface area (Å²) < 4.78 is 5.75. The van der Waals surface area contributed by atoms with Crippen LogP contribution in [0.15, 0.2) is 35.2 Å². The minimum Gasteiger partial charge on any atom is -0.507 e. The summed E-state index contributed by atoms with van der Waals surface area (Å²) in [4.78, 5) is 12.4. The molecule has 0 radical (unpaired) electrons. The molecule has 0 fully saturated rings. The van der Waals surface area contributed by atoms with Gasteiger partial charge in [0.05, 0.1) is 12.0 Å². The number of carbonyl (C=O) groups is 1.